The molecular weight excluding hydrogens is 182 g/mol. The number of hydrogen-bond acceptors (Lipinski definition) is 5. The Bertz CT molecular complexity index is 115. The molecule has 0 aliphatic carbocycles. The van der Waals surface area contributed by atoms with Gasteiger partial charge in [-0.25, -0.2) is 0 Å². The molecule has 1 aliphatic heterocycles. The Morgan fingerprint density at radius 1 is 1.21 bits per heavy atom. The molecule has 5 nitrogen and oxygen atoms in total. The molecule has 0 saturated carbocycles. The second-order valence-electron chi connectivity index (χ2n) is 3.36. The normalized spacial score (nSPS) is 17.8. The zero-order valence-corrected chi connectivity index (χ0v) is 9.16. The Kier molecular flexibility index (Phi) is 9.23. The van der Waals surface area contributed by atoms with Gasteiger partial charge in [0, 0.05) is 32.2 Å². The number of nitrogens with zero attached hydrogens (tertiary/aromatic N) is 1. The minimum Gasteiger partial charge on any atom is -0.314 e. The van der Waals surface area contributed by atoms with Crippen molar-refractivity contribution >= 4 is 0 Å². The number of nitrogens with one attached hydrogen (secondary N) is 2. The summed E-state index contributed by atoms with van der Waals surface area (Å²) < 4.78 is 0. The molecule has 0 aromatic rings. The van der Waals surface area contributed by atoms with E-state index in [1.165, 1.54) is 39.0 Å². The van der Waals surface area contributed by atoms with Crippen molar-refractivity contribution in [2.24, 2.45) is 0 Å². The van der Waals surface area contributed by atoms with Crippen LogP contribution in [0.2, 0.25) is 0 Å². The summed E-state index contributed by atoms with van der Waals surface area (Å²) in [6, 6.07) is 0.831. The first-order valence-corrected chi connectivity index (χ1v) is 5.28. The van der Waals surface area contributed by atoms with E-state index in [0.29, 0.717) is 0 Å². The summed E-state index contributed by atoms with van der Waals surface area (Å²) in [4.78, 5) is 2.61. The van der Waals surface area contributed by atoms with E-state index in [0.717, 1.165) is 11.7 Å². The number of piperazine rings is 1. The fourth-order valence-corrected chi connectivity index (χ4v) is 1.85. The maximum Gasteiger partial charge on any atom is 0.0110 e. The van der Waals surface area contributed by atoms with Gasteiger partial charge in [0.2, 0.25) is 0 Å². The van der Waals surface area contributed by atoms with Crippen molar-refractivity contribution in [2.45, 2.75) is 32.7 Å². The summed E-state index contributed by atoms with van der Waals surface area (Å²) >= 11 is 0. The lowest BCUT2D eigenvalue weighted by Crippen LogP contribution is -2.48. The Hall–Kier alpha value is -0.200. The van der Waals surface area contributed by atoms with E-state index in [-0.39, 0.29) is 0 Å². The van der Waals surface area contributed by atoms with Gasteiger partial charge in [0.1, 0.15) is 0 Å². The molecule has 86 valence electrons. The first-order chi connectivity index (χ1) is 6.79. The fraction of sp³-hybridized carbons (Fsp3) is 1.00. The van der Waals surface area contributed by atoms with Crippen molar-refractivity contribution in [1.29, 1.82) is 0 Å². The highest BCUT2D eigenvalue weighted by atomic mass is 16.7. The third-order valence-electron chi connectivity index (χ3n) is 2.61. The summed E-state index contributed by atoms with van der Waals surface area (Å²) in [5.74, 6) is 0. The van der Waals surface area contributed by atoms with Crippen LogP contribution in [0.25, 0.3) is 0 Å². The second kappa shape index (κ2) is 9.36. The topological polar surface area (TPSA) is 67.8 Å². The molecule has 1 fully saturated rings. The molecule has 0 unspecified atom stereocenters. The first kappa shape index (κ1) is 13.8. The molecule has 0 bridgehead atoms. The van der Waals surface area contributed by atoms with Crippen molar-refractivity contribution in [2.75, 3.05) is 26.2 Å². The fourth-order valence-electron chi connectivity index (χ4n) is 1.85. The molecular formula is C9H23N3O2. The average Bonchev–Trinajstić information content (AvgIpc) is 2.22. The van der Waals surface area contributed by atoms with Crippen LogP contribution >= 0.6 is 0 Å². The van der Waals surface area contributed by atoms with Gasteiger partial charge in [-0.3, -0.25) is 15.3 Å². The molecule has 0 aromatic heterocycles. The van der Waals surface area contributed by atoms with Gasteiger partial charge in [-0.05, 0) is 12.8 Å². The van der Waals surface area contributed by atoms with Crippen molar-refractivity contribution in [1.82, 2.24) is 15.9 Å². The molecule has 1 aliphatic rings. The highest BCUT2D eigenvalue weighted by molar-refractivity contribution is 4.74. The smallest absolute Gasteiger partial charge is 0.0110 e. The van der Waals surface area contributed by atoms with Gasteiger partial charge < -0.3 is 5.32 Å². The van der Waals surface area contributed by atoms with E-state index in [9.17, 15) is 0 Å². The van der Waals surface area contributed by atoms with Gasteiger partial charge in [-0.2, -0.15) is 0 Å². The Balaban J connectivity index is 0.000000500. The van der Waals surface area contributed by atoms with Crippen LogP contribution in [0.5, 0.6) is 0 Å². The van der Waals surface area contributed by atoms with Crippen molar-refractivity contribution in [3.63, 3.8) is 0 Å². The molecule has 0 spiro atoms. The van der Waals surface area contributed by atoms with Crippen molar-refractivity contribution in [3.8, 4) is 0 Å². The average molecular weight is 205 g/mol. The molecule has 0 amide bonds. The van der Waals surface area contributed by atoms with Gasteiger partial charge in [0.25, 0.3) is 0 Å². The molecule has 1 rings (SSSR count). The predicted octanol–water partition coefficient (Wildman–Crippen LogP) is 0.435. The number of hydrogen-bond donors (Lipinski definition) is 4. The quantitative estimate of drug-likeness (QED) is 0.503. The highest BCUT2D eigenvalue weighted by Crippen LogP contribution is 2.08. The molecule has 4 N–H and O–H groups in total. The zero-order chi connectivity index (χ0) is 10.8. The lowest BCUT2D eigenvalue weighted by molar-refractivity contribution is -0.0678. The minimum absolute atomic E-state index is 0.750. The molecule has 5 heteroatoms. The SMILES string of the molecule is CCC(CC)N1CCNCC1.ONO. The standard InChI is InChI=1S/C9H20N2.H3NO2/c1-3-9(4-2)11-7-5-10-6-8-11;2-1-3/h9-10H,3-8H2,1-2H3;1-3H. The van der Waals surface area contributed by atoms with Crippen molar-refractivity contribution < 1.29 is 10.4 Å². The largest absolute Gasteiger partial charge is 0.314 e. The van der Waals surface area contributed by atoms with E-state index in [1.54, 1.807) is 0 Å². The summed E-state index contributed by atoms with van der Waals surface area (Å²) in [5.41, 5.74) is 0.750. The van der Waals surface area contributed by atoms with E-state index in [2.05, 4.69) is 24.1 Å². The maximum absolute atomic E-state index is 6.88. The summed E-state index contributed by atoms with van der Waals surface area (Å²) in [6.45, 7) is 9.41. The lowest BCUT2D eigenvalue weighted by Gasteiger charge is -2.33. The van der Waals surface area contributed by atoms with Crippen LogP contribution in [0.15, 0.2) is 0 Å². The summed E-state index contributed by atoms with van der Waals surface area (Å²) in [7, 11) is 0. The van der Waals surface area contributed by atoms with Crippen LogP contribution in [0, 0.1) is 0 Å². The second-order valence-corrected chi connectivity index (χ2v) is 3.36. The van der Waals surface area contributed by atoms with Crippen LogP contribution in [-0.2, 0) is 0 Å². The van der Waals surface area contributed by atoms with Crippen LogP contribution < -0.4 is 11.0 Å². The zero-order valence-electron chi connectivity index (χ0n) is 9.16. The van der Waals surface area contributed by atoms with Gasteiger partial charge >= 0.3 is 0 Å². The highest BCUT2D eigenvalue weighted by Gasteiger charge is 2.16. The van der Waals surface area contributed by atoms with Gasteiger partial charge in [0.15, 0.2) is 0 Å². The molecule has 14 heavy (non-hydrogen) atoms. The van der Waals surface area contributed by atoms with Crippen LogP contribution in [0.1, 0.15) is 26.7 Å². The monoisotopic (exact) mass is 205 g/mol. The van der Waals surface area contributed by atoms with Gasteiger partial charge in [0.05, 0.1) is 0 Å². The van der Waals surface area contributed by atoms with E-state index >= 15 is 0 Å². The Morgan fingerprint density at radius 2 is 1.64 bits per heavy atom. The van der Waals surface area contributed by atoms with Gasteiger partial charge in [-0.15, -0.1) is 0 Å². The molecule has 0 atom stereocenters. The molecule has 0 aromatic carbocycles. The van der Waals surface area contributed by atoms with Crippen LogP contribution in [-0.4, -0.2) is 47.5 Å². The Morgan fingerprint density at radius 3 is 2.00 bits per heavy atom. The summed E-state index contributed by atoms with van der Waals surface area (Å²) in [6.07, 6.45) is 2.60. The maximum atomic E-state index is 6.88. The first-order valence-electron chi connectivity index (χ1n) is 5.28. The van der Waals surface area contributed by atoms with Crippen molar-refractivity contribution in [3.05, 3.63) is 0 Å². The molecule has 1 saturated heterocycles. The third-order valence-corrected chi connectivity index (χ3v) is 2.61. The molecule has 1 heterocycles. The molecule has 0 radical (unpaired) electrons. The summed E-state index contributed by atoms with van der Waals surface area (Å²) in [5, 5.41) is 17.1. The lowest BCUT2D eigenvalue weighted by atomic mass is 10.1. The van der Waals surface area contributed by atoms with E-state index in [4.69, 9.17) is 10.4 Å². The predicted molar refractivity (Wildman–Crippen MR) is 55.5 cm³/mol. The Labute approximate surface area is 86.0 Å². The van der Waals surface area contributed by atoms with E-state index in [1.807, 2.05) is 0 Å². The number of rotatable bonds is 3. The van der Waals surface area contributed by atoms with Crippen LogP contribution in [0.3, 0.4) is 0 Å². The third kappa shape index (κ3) is 5.51. The van der Waals surface area contributed by atoms with Crippen LogP contribution in [0.4, 0.5) is 0 Å². The van der Waals surface area contributed by atoms with E-state index < -0.39 is 0 Å². The minimum atomic E-state index is 0.750. The van der Waals surface area contributed by atoms with Gasteiger partial charge in [-0.1, -0.05) is 19.5 Å².